The molecule has 0 unspecified atom stereocenters. The second kappa shape index (κ2) is 8.92. The van der Waals surface area contributed by atoms with Crippen molar-refractivity contribution < 1.29 is 18.7 Å². The molecule has 0 bridgehead atoms. The number of nitrogens with zero attached hydrogens (tertiary/aromatic N) is 1. The van der Waals surface area contributed by atoms with Crippen LogP contribution in [0.3, 0.4) is 0 Å². The number of hydrogen-bond acceptors (Lipinski definition) is 5. The van der Waals surface area contributed by atoms with Crippen molar-refractivity contribution in [1.82, 2.24) is 10.2 Å². The lowest BCUT2D eigenvalue weighted by atomic mass is 10.1. The molecule has 0 spiro atoms. The quantitative estimate of drug-likeness (QED) is 0.584. The fourth-order valence-corrected chi connectivity index (χ4v) is 3.75. The number of esters is 1. The Morgan fingerprint density at radius 1 is 1.26 bits per heavy atom. The van der Waals surface area contributed by atoms with Gasteiger partial charge in [0.2, 0.25) is 0 Å². The second-order valence-corrected chi connectivity index (χ2v) is 7.31. The summed E-state index contributed by atoms with van der Waals surface area (Å²) in [4.78, 5) is 26.4. The van der Waals surface area contributed by atoms with Gasteiger partial charge >= 0.3 is 5.97 Å². The van der Waals surface area contributed by atoms with Crippen LogP contribution >= 0.6 is 23.6 Å². The van der Waals surface area contributed by atoms with Crippen LogP contribution in [0, 0.1) is 12.7 Å². The molecule has 2 N–H and O–H groups in total. The molecule has 144 valence electrons. The van der Waals surface area contributed by atoms with E-state index in [4.69, 9.17) is 17.0 Å². The number of anilines is 1. The van der Waals surface area contributed by atoms with Crippen LogP contribution in [0.15, 0.2) is 24.3 Å². The molecule has 9 heteroatoms. The van der Waals surface area contributed by atoms with Crippen molar-refractivity contribution in [2.75, 3.05) is 26.5 Å². The smallest absolute Gasteiger partial charge is 0.341 e. The molecule has 0 aliphatic carbocycles. The molecule has 1 aromatic carbocycles. The number of thiophene rings is 1. The Balaban J connectivity index is 2.19. The van der Waals surface area contributed by atoms with Gasteiger partial charge in [-0.05, 0) is 42.4 Å². The molecule has 1 heterocycles. The van der Waals surface area contributed by atoms with E-state index in [2.05, 4.69) is 10.6 Å². The van der Waals surface area contributed by atoms with Gasteiger partial charge < -0.3 is 20.3 Å². The topological polar surface area (TPSA) is 70.7 Å². The molecule has 2 rings (SSSR count). The molecule has 1 amide bonds. The van der Waals surface area contributed by atoms with E-state index in [1.54, 1.807) is 33.2 Å². The summed E-state index contributed by atoms with van der Waals surface area (Å²) in [5.41, 5.74) is 1.66. The number of amides is 1. The number of hydrogen-bond donors (Lipinski definition) is 2. The van der Waals surface area contributed by atoms with Crippen molar-refractivity contribution in [3.63, 3.8) is 0 Å². The zero-order chi connectivity index (χ0) is 20.1. The average molecular weight is 410 g/mol. The van der Waals surface area contributed by atoms with E-state index in [-0.39, 0.29) is 22.4 Å². The third kappa shape index (κ3) is 5.01. The predicted molar refractivity (Wildman–Crippen MR) is 108 cm³/mol. The Bertz CT molecular complexity index is 863. The van der Waals surface area contributed by atoms with Gasteiger partial charge in [0.15, 0.2) is 5.11 Å². The van der Waals surface area contributed by atoms with E-state index >= 15 is 0 Å². The molecule has 0 aliphatic heterocycles. The van der Waals surface area contributed by atoms with Crippen LogP contribution in [0.2, 0.25) is 0 Å². The normalized spacial score (nSPS) is 10.3. The van der Waals surface area contributed by atoms with Crippen LogP contribution in [0.4, 0.5) is 9.39 Å². The fourth-order valence-electron chi connectivity index (χ4n) is 2.29. The Morgan fingerprint density at radius 3 is 2.44 bits per heavy atom. The van der Waals surface area contributed by atoms with Crippen molar-refractivity contribution in [3.8, 4) is 0 Å². The highest BCUT2D eigenvalue weighted by Crippen LogP contribution is 2.34. The number of rotatable bonds is 5. The number of carbonyl (C=O) groups is 2. The SMILES string of the molecule is COC(=O)c1c(NC(=S)NCc2ccc(F)cc2)sc(C(=O)N(C)C)c1C. The number of benzene rings is 1. The first kappa shape index (κ1) is 20.8. The van der Waals surface area contributed by atoms with Gasteiger partial charge in [0.1, 0.15) is 10.8 Å². The van der Waals surface area contributed by atoms with E-state index in [9.17, 15) is 14.0 Å². The number of methoxy groups -OCH3 is 1. The lowest BCUT2D eigenvalue weighted by molar-refractivity contribution is 0.0601. The summed E-state index contributed by atoms with van der Waals surface area (Å²) in [5.74, 6) is -1.07. The molecule has 0 saturated carbocycles. The molecule has 0 radical (unpaired) electrons. The minimum atomic E-state index is -0.551. The number of nitrogens with one attached hydrogen (secondary N) is 2. The average Bonchev–Trinajstić information content (AvgIpc) is 2.95. The van der Waals surface area contributed by atoms with Crippen LogP contribution in [0.25, 0.3) is 0 Å². The third-order valence-corrected chi connectivity index (χ3v) is 5.17. The Hall–Kier alpha value is -2.52. The molecule has 0 fully saturated rings. The van der Waals surface area contributed by atoms with Gasteiger partial charge in [-0.2, -0.15) is 0 Å². The van der Waals surface area contributed by atoms with Crippen LogP contribution in [0.5, 0.6) is 0 Å². The molecule has 0 atom stereocenters. The minimum absolute atomic E-state index is 0.208. The third-order valence-electron chi connectivity index (χ3n) is 3.73. The highest BCUT2D eigenvalue weighted by atomic mass is 32.1. The van der Waals surface area contributed by atoms with Gasteiger partial charge in [-0.1, -0.05) is 12.1 Å². The van der Waals surface area contributed by atoms with Crippen LogP contribution < -0.4 is 10.6 Å². The molecule has 2 aromatic rings. The maximum Gasteiger partial charge on any atom is 0.341 e. The summed E-state index contributed by atoms with van der Waals surface area (Å²) in [7, 11) is 4.56. The first-order chi connectivity index (χ1) is 12.7. The summed E-state index contributed by atoms with van der Waals surface area (Å²) in [5, 5.41) is 6.65. The molecule has 6 nitrogen and oxygen atoms in total. The first-order valence-electron chi connectivity index (χ1n) is 7.97. The molecule has 0 saturated heterocycles. The Morgan fingerprint density at radius 2 is 1.89 bits per heavy atom. The molecule has 27 heavy (non-hydrogen) atoms. The highest BCUT2D eigenvalue weighted by molar-refractivity contribution is 7.80. The molecular weight excluding hydrogens is 389 g/mol. The van der Waals surface area contributed by atoms with Gasteiger partial charge in [-0.15, -0.1) is 11.3 Å². The zero-order valence-corrected chi connectivity index (χ0v) is 17.0. The summed E-state index contributed by atoms with van der Waals surface area (Å²) < 4.78 is 17.8. The van der Waals surface area contributed by atoms with Gasteiger partial charge in [-0.3, -0.25) is 4.79 Å². The molecular formula is C18H20FN3O3S2. The predicted octanol–water partition coefficient (Wildman–Crippen LogP) is 3.17. The first-order valence-corrected chi connectivity index (χ1v) is 9.19. The second-order valence-electron chi connectivity index (χ2n) is 5.89. The summed E-state index contributed by atoms with van der Waals surface area (Å²) in [6, 6.07) is 6.02. The van der Waals surface area contributed by atoms with E-state index in [0.29, 0.717) is 22.0 Å². The summed E-state index contributed by atoms with van der Waals surface area (Å²) in [6.45, 7) is 2.08. The van der Waals surface area contributed by atoms with Crippen LogP contribution in [0.1, 0.15) is 31.2 Å². The van der Waals surface area contributed by atoms with Gasteiger partial charge in [0.05, 0.1) is 17.6 Å². The lowest BCUT2D eigenvalue weighted by Gasteiger charge is -2.10. The Labute approximate surface area is 166 Å². The number of halogens is 1. The number of thiocarbonyl (C=S) groups is 1. The van der Waals surface area contributed by atoms with Gasteiger partial charge in [0.25, 0.3) is 5.91 Å². The van der Waals surface area contributed by atoms with Crippen molar-refractivity contribution in [2.45, 2.75) is 13.5 Å². The van der Waals surface area contributed by atoms with Crippen molar-refractivity contribution in [2.24, 2.45) is 0 Å². The maximum atomic E-state index is 13.0. The monoisotopic (exact) mass is 409 g/mol. The maximum absolute atomic E-state index is 13.0. The standard InChI is InChI=1S/C18H20FN3O3S2/c1-10-13(17(24)25-4)15(27-14(10)16(23)22(2)3)21-18(26)20-9-11-5-7-12(19)8-6-11/h5-8H,9H2,1-4H3,(H2,20,21,26). The highest BCUT2D eigenvalue weighted by Gasteiger charge is 2.26. The molecule has 0 aliphatic rings. The van der Waals surface area contributed by atoms with E-state index in [1.807, 2.05) is 0 Å². The number of carbonyl (C=O) groups excluding carboxylic acids is 2. The zero-order valence-electron chi connectivity index (χ0n) is 15.4. The van der Waals surface area contributed by atoms with E-state index < -0.39 is 5.97 Å². The van der Waals surface area contributed by atoms with Crippen molar-refractivity contribution >= 4 is 45.5 Å². The fraction of sp³-hybridized carbons (Fsp3) is 0.278. The van der Waals surface area contributed by atoms with E-state index in [0.717, 1.165) is 16.9 Å². The minimum Gasteiger partial charge on any atom is -0.465 e. The largest absolute Gasteiger partial charge is 0.465 e. The van der Waals surface area contributed by atoms with Crippen LogP contribution in [-0.2, 0) is 11.3 Å². The summed E-state index contributed by atoms with van der Waals surface area (Å²) >= 11 is 6.41. The summed E-state index contributed by atoms with van der Waals surface area (Å²) in [6.07, 6.45) is 0. The van der Waals surface area contributed by atoms with Gasteiger partial charge in [-0.25, -0.2) is 9.18 Å². The number of ether oxygens (including phenoxy) is 1. The van der Waals surface area contributed by atoms with Crippen molar-refractivity contribution in [1.29, 1.82) is 0 Å². The Kier molecular flexibility index (Phi) is 6.86. The van der Waals surface area contributed by atoms with Gasteiger partial charge in [0, 0.05) is 20.6 Å². The van der Waals surface area contributed by atoms with Crippen LogP contribution in [-0.4, -0.2) is 43.1 Å². The lowest BCUT2D eigenvalue weighted by Crippen LogP contribution is -2.28. The van der Waals surface area contributed by atoms with E-state index in [1.165, 1.54) is 24.1 Å². The molecule has 1 aromatic heterocycles. The van der Waals surface area contributed by atoms with Crippen molar-refractivity contribution in [3.05, 3.63) is 51.7 Å².